The van der Waals surface area contributed by atoms with E-state index >= 15 is 0 Å². The molecule has 0 amide bonds. The Labute approximate surface area is 119 Å². The highest BCUT2D eigenvalue weighted by Crippen LogP contribution is 2.29. The fourth-order valence-corrected chi connectivity index (χ4v) is 1.94. The Bertz CT molecular complexity index is 674. The van der Waals surface area contributed by atoms with Crippen molar-refractivity contribution in [3.8, 4) is 11.5 Å². The molecule has 0 aliphatic carbocycles. The summed E-state index contributed by atoms with van der Waals surface area (Å²) in [7, 11) is 0. The van der Waals surface area contributed by atoms with Gasteiger partial charge in [-0.05, 0) is 19.3 Å². The number of carboxylic acid groups (broad SMARTS) is 1. The number of rotatable bonds is 6. The number of aromatic hydroxyl groups is 2. The number of carbonyl (C=O) groups is 1. The smallest absolute Gasteiger partial charge is 0.356 e. The molecular formula is C13H15N3O5. The van der Waals surface area contributed by atoms with Crippen LogP contribution < -0.4 is 5.90 Å². The largest absolute Gasteiger partial charge is 0.504 e. The molecule has 2 aromatic rings. The van der Waals surface area contributed by atoms with E-state index in [1.165, 1.54) is 12.1 Å². The van der Waals surface area contributed by atoms with E-state index in [0.29, 0.717) is 37.1 Å². The Kier molecular flexibility index (Phi) is 4.51. The molecule has 0 saturated carbocycles. The van der Waals surface area contributed by atoms with Crippen molar-refractivity contribution < 1.29 is 25.0 Å². The van der Waals surface area contributed by atoms with E-state index in [1.54, 1.807) is 0 Å². The van der Waals surface area contributed by atoms with Crippen molar-refractivity contribution in [2.45, 2.75) is 19.3 Å². The number of hydrogen-bond acceptors (Lipinski definition) is 7. The highest BCUT2D eigenvalue weighted by molar-refractivity contribution is 5.90. The van der Waals surface area contributed by atoms with Gasteiger partial charge < -0.3 is 20.2 Å². The van der Waals surface area contributed by atoms with E-state index in [0.717, 1.165) is 0 Å². The first-order chi connectivity index (χ1) is 10.0. The summed E-state index contributed by atoms with van der Waals surface area (Å²) in [6, 6.07) is 2.42. The number of unbranched alkanes of at least 4 members (excludes halogenated alkanes) is 1. The Hall–Kier alpha value is -2.45. The Balaban J connectivity index is 2.39. The lowest BCUT2D eigenvalue weighted by molar-refractivity contribution is 0.0689. The second-order valence-electron chi connectivity index (χ2n) is 4.48. The van der Waals surface area contributed by atoms with Gasteiger partial charge in [0.2, 0.25) is 0 Å². The quantitative estimate of drug-likeness (QED) is 0.351. The Morgan fingerprint density at radius 2 is 1.76 bits per heavy atom. The summed E-state index contributed by atoms with van der Waals surface area (Å²) >= 11 is 0. The van der Waals surface area contributed by atoms with Crippen LogP contribution in [0.5, 0.6) is 11.5 Å². The van der Waals surface area contributed by atoms with Gasteiger partial charge in [-0.15, -0.1) is 0 Å². The van der Waals surface area contributed by atoms with E-state index in [2.05, 4.69) is 14.8 Å². The molecule has 2 rings (SSSR count). The molecule has 0 unspecified atom stereocenters. The van der Waals surface area contributed by atoms with Crippen molar-refractivity contribution in [2.24, 2.45) is 5.90 Å². The van der Waals surface area contributed by atoms with Gasteiger partial charge in [-0.25, -0.2) is 20.7 Å². The molecule has 21 heavy (non-hydrogen) atoms. The molecule has 1 aromatic heterocycles. The lowest BCUT2D eigenvalue weighted by Crippen LogP contribution is -2.09. The van der Waals surface area contributed by atoms with Crippen LogP contribution in [-0.4, -0.2) is 37.9 Å². The van der Waals surface area contributed by atoms with Gasteiger partial charge in [0, 0.05) is 12.1 Å². The van der Waals surface area contributed by atoms with E-state index in [4.69, 9.17) is 5.90 Å². The zero-order chi connectivity index (χ0) is 15.4. The number of benzene rings is 1. The molecule has 8 heteroatoms. The second-order valence-corrected chi connectivity index (χ2v) is 4.48. The van der Waals surface area contributed by atoms with Crippen LogP contribution in [0.3, 0.4) is 0 Å². The molecule has 0 aliphatic rings. The molecule has 8 nitrogen and oxygen atoms in total. The molecule has 0 fully saturated rings. The molecule has 1 aromatic carbocycles. The predicted octanol–water partition coefficient (Wildman–Crippen LogP) is 0.952. The molecule has 0 radical (unpaired) electrons. The zero-order valence-corrected chi connectivity index (χ0v) is 11.1. The Morgan fingerprint density at radius 3 is 2.33 bits per heavy atom. The molecule has 0 bridgehead atoms. The second kappa shape index (κ2) is 6.33. The number of hydrogen-bond donors (Lipinski definition) is 4. The minimum absolute atomic E-state index is 0.166. The van der Waals surface area contributed by atoms with E-state index in [1.807, 2.05) is 0 Å². The zero-order valence-electron chi connectivity index (χ0n) is 11.1. The summed E-state index contributed by atoms with van der Waals surface area (Å²) in [6.07, 6.45) is 1.70. The summed E-state index contributed by atoms with van der Waals surface area (Å²) in [5.74, 6) is 3.02. The molecule has 1 heterocycles. The minimum Gasteiger partial charge on any atom is -0.504 e. The molecule has 5 N–H and O–H groups in total. The average Bonchev–Trinajstić information content (AvgIpc) is 2.44. The van der Waals surface area contributed by atoms with E-state index in [9.17, 15) is 20.1 Å². The van der Waals surface area contributed by atoms with Crippen LogP contribution in [0.4, 0.5) is 0 Å². The fourth-order valence-electron chi connectivity index (χ4n) is 1.94. The summed E-state index contributed by atoms with van der Waals surface area (Å²) in [5, 5.41) is 28.1. The standard InChI is InChI=1S/C13H15N3O5/c14-21-4-2-1-3-7-12(13(19)20)16-9-6-11(18)10(17)5-8(9)15-7/h5-6,17-18H,1-4,14H2,(H,19,20). The number of nitrogens with two attached hydrogens (primary N) is 1. The molecular weight excluding hydrogens is 278 g/mol. The van der Waals surface area contributed by atoms with Crippen LogP contribution in [0.25, 0.3) is 11.0 Å². The number of aromatic nitrogens is 2. The van der Waals surface area contributed by atoms with Gasteiger partial charge in [0.1, 0.15) is 0 Å². The van der Waals surface area contributed by atoms with Crippen LogP contribution >= 0.6 is 0 Å². The third-order valence-corrected chi connectivity index (χ3v) is 2.96. The van der Waals surface area contributed by atoms with Crippen molar-refractivity contribution in [3.63, 3.8) is 0 Å². The van der Waals surface area contributed by atoms with Crippen LogP contribution in [0.1, 0.15) is 29.0 Å². The van der Waals surface area contributed by atoms with Crippen LogP contribution in [-0.2, 0) is 11.3 Å². The van der Waals surface area contributed by atoms with Crippen molar-refractivity contribution in [3.05, 3.63) is 23.5 Å². The van der Waals surface area contributed by atoms with Crippen LogP contribution in [0, 0.1) is 0 Å². The topological polar surface area (TPSA) is 139 Å². The number of phenols is 2. The van der Waals surface area contributed by atoms with Gasteiger partial charge in [0.25, 0.3) is 0 Å². The number of aryl methyl sites for hydroxylation is 1. The van der Waals surface area contributed by atoms with Gasteiger partial charge in [0.15, 0.2) is 17.2 Å². The van der Waals surface area contributed by atoms with Crippen molar-refractivity contribution in [1.82, 2.24) is 9.97 Å². The highest BCUT2D eigenvalue weighted by Gasteiger charge is 2.16. The monoisotopic (exact) mass is 293 g/mol. The van der Waals surface area contributed by atoms with E-state index < -0.39 is 5.97 Å². The van der Waals surface area contributed by atoms with Gasteiger partial charge >= 0.3 is 5.97 Å². The van der Waals surface area contributed by atoms with Gasteiger partial charge in [-0.3, -0.25) is 0 Å². The number of carboxylic acids is 1. The maximum absolute atomic E-state index is 11.2. The van der Waals surface area contributed by atoms with Crippen LogP contribution in [0.2, 0.25) is 0 Å². The first kappa shape index (κ1) is 14.9. The lowest BCUT2D eigenvalue weighted by Gasteiger charge is -2.07. The molecule has 112 valence electrons. The number of aromatic carboxylic acids is 1. The maximum atomic E-state index is 11.2. The normalized spacial score (nSPS) is 10.9. The predicted molar refractivity (Wildman–Crippen MR) is 72.9 cm³/mol. The summed E-state index contributed by atoms with van der Waals surface area (Å²) in [5.41, 5.74) is 0.676. The first-order valence-corrected chi connectivity index (χ1v) is 6.30. The SMILES string of the molecule is NOCCCCc1nc2cc(O)c(O)cc2nc1C(=O)O. The third kappa shape index (κ3) is 3.36. The first-order valence-electron chi connectivity index (χ1n) is 6.30. The Morgan fingerprint density at radius 1 is 1.14 bits per heavy atom. The summed E-state index contributed by atoms with van der Waals surface area (Å²) in [4.78, 5) is 23.9. The maximum Gasteiger partial charge on any atom is 0.356 e. The fraction of sp³-hybridized carbons (Fsp3) is 0.308. The average molecular weight is 293 g/mol. The summed E-state index contributed by atoms with van der Waals surface area (Å²) < 4.78 is 0. The van der Waals surface area contributed by atoms with Gasteiger partial charge in [0.05, 0.1) is 23.3 Å². The minimum atomic E-state index is -1.19. The van der Waals surface area contributed by atoms with Crippen molar-refractivity contribution in [1.29, 1.82) is 0 Å². The number of nitrogens with zero attached hydrogens (tertiary/aromatic N) is 2. The number of phenolic OH excluding ortho intramolecular Hbond substituents is 2. The lowest BCUT2D eigenvalue weighted by atomic mass is 10.1. The molecule has 0 atom stereocenters. The van der Waals surface area contributed by atoms with E-state index in [-0.39, 0.29) is 22.7 Å². The third-order valence-electron chi connectivity index (χ3n) is 2.96. The molecule has 0 saturated heterocycles. The van der Waals surface area contributed by atoms with Gasteiger partial charge in [-0.2, -0.15) is 0 Å². The van der Waals surface area contributed by atoms with Crippen molar-refractivity contribution in [2.75, 3.05) is 6.61 Å². The molecule has 0 aliphatic heterocycles. The summed E-state index contributed by atoms with van der Waals surface area (Å²) in [6.45, 7) is 0.373. The highest BCUT2D eigenvalue weighted by atomic mass is 16.6. The van der Waals surface area contributed by atoms with Gasteiger partial charge in [-0.1, -0.05) is 0 Å². The van der Waals surface area contributed by atoms with Crippen molar-refractivity contribution >= 4 is 17.0 Å². The van der Waals surface area contributed by atoms with Crippen LogP contribution in [0.15, 0.2) is 12.1 Å². The number of fused-ring (bicyclic) bond motifs is 1. The molecule has 0 spiro atoms.